The van der Waals surface area contributed by atoms with Gasteiger partial charge >= 0.3 is 6.09 Å². The number of hydrogen-bond acceptors (Lipinski definition) is 4. The Bertz CT molecular complexity index is 534. The lowest BCUT2D eigenvalue weighted by Gasteiger charge is -2.38. The summed E-state index contributed by atoms with van der Waals surface area (Å²) in [4.78, 5) is 17.7. The first-order valence-corrected chi connectivity index (χ1v) is 8.27. The van der Waals surface area contributed by atoms with E-state index in [4.69, 9.17) is 4.74 Å². The number of amides is 1. The van der Waals surface area contributed by atoms with Crippen LogP contribution in [0.25, 0.3) is 0 Å². The van der Waals surface area contributed by atoms with Crippen LogP contribution in [0, 0.1) is 0 Å². The van der Waals surface area contributed by atoms with Crippen LogP contribution in [0.5, 0.6) is 0 Å². The first-order chi connectivity index (χ1) is 10.2. The first-order valence-electron chi connectivity index (χ1n) is 7.47. The highest BCUT2D eigenvalue weighted by Gasteiger charge is 2.35. The highest BCUT2D eigenvalue weighted by molar-refractivity contribution is 9.10. The highest BCUT2D eigenvalue weighted by atomic mass is 79.9. The third-order valence-electron chi connectivity index (χ3n) is 3.72. The zero-order chi connectivity index (χ0) is 16.4. The van der Waals surface area contributed by atoms with Crippen LogP contribution in [0.4, 0.5) is 4.79 Å². The smallest absolute Gasteiger partial charge is 0.410 e. The molecule has 1 amide bonds. The van der Waals surface area contributed by atoms with Gasteiger partial charge in [0, 0.05) is 36.4 Å². The molecule has 0 radical (unpaired) electrons. The van der Waals surface area contributed by atoms with Crippen LogP contribution in [0.3, 0.4) is 0 Å². The zero-order valence-electron chi connectivity index (χ0n) is 13.3. The number of carbonyl (C=O) groups excluding carboxylic acids is 1. The SMILES string of the molecule is CC(C)(C)OC(=O)N1CCC(O)(Cc2ccncc2Br)CC1. The summed E-state index contributed by atoms with van der Waals surface area (Å²) >= 11 is 3.46. The standard InChI is InChI=1S/C16H23BrN2O3/c1-15(2,3)22-14(20)19-8-5-16(21,6-9-19)10-12-4-7-18-11-13(12)17/h4,7,11,21H,5-6,8-10H2,1-3H3. The number of aromatic nitrogens is 1. The second-order valence-electron chi connectivity index (χ2n) is 6.84. The van der Waals surface area contributed by atoms with E-state index in [1.165, 1.54) is 0 Å². The minimum Gasteiger partial charge on any atom is -0.444 e. The fraction of sp³-hybridized carbons (Fsp3) is 0.625. The minimum absolute atomic E-state index is 0.306. The predicted molar refractivity (Wildman–Crippen MR) is 87.6 cm³/mol. The van der Waals surface area contributed by atoms with Gasteiger partial charge in [-0.1, -0.05) is 0 Å². The normalized spacial score (nSPS) is 18.1. The van der Waals surface area contributed by atoms with Gasteiger partial charge < -0.3 is 14.7 Å². The Morgan fingerprint density at radius 2 is 2.09 bits per heavy atom. The van der Waals surface area contributed by atoms with Gasteiger partial charge in [0.15, 0.2) is 0 Å². The molecular formula is C16H23BrN2O3. The number of carbonyl (C=O) groups is 1. The van der Waals surface area contributed by atoms with E-state index in [9.17, 15) is 9.90 Å². The van der Waals surface area contributed by atoms with E-state index in [0.717, 1.165) is 10.0 Å². The molecular weight excluding hydrogens is 348 g/mol. The van der Waals surface area contributed by atoms with E-state index in [1.807, 2.05) is 26.8 Å². The Balaban J connectivity index is 1.93. The summed E-state index contributed by atoms with van der Waals surface area (Å²) in [6.07, 6.45) is 4.79. The second-order valence-corrected chi connectivity index (χ2v) is 7.69. The number of halogens is 1. The van der Waals surface area contributed by atoms with Crippen molar-refractivity contribution in [3.05, 3.63) is 28.5 Å². The molecule has 22 heavy (non-hydrogen) atoms. The number of aliphatic hydroxyl groups is 1. The zero-order valence-corrected chi connectivity index (χ0v) is 14.9. The van der Waals surface area contributed by atoms with Crippen LogP contribution in [0.2, 0.25) is 0 Å². The van der Waals surface area contributed by atoms with Gasteiger partial charge in [0.1, 0.15) is 5.60 Å². The Kier molecular flexibility index (Phi) is 5.12. The lowest BCUT2D eigenvalue weighted by Crippen LogP contribution is -2.49. The molecule has 0 saturated carbocycles. The second kappa shape index (κ2) is 6.54. The average molecular weight is 371 g/mol. The summed E-state index contributed by atoms with van der Waals surface area (Å²) in [5, 5.41) is 10.8. The van der Waals surface area contributed by atoms with E-state index in [2.05, 4.69) is 20.9 Å². The fourth-order valence-electron chi connectivity index (χ4n) is 2.51. The minimum atomic E-state index is -0.789. The lowest BCUT2D eigenvalue weighted by atomic mass is 9.86. The molecule has 5 nitrogen and oxygen atoms in total. The summed E-state index contributed by atoms with van der Waals surface area (Å²) < 4.78 is 6.27. The molecule has 122 valence electrons. The van der Waals surface area contributed by atoms with Crippen molar-refractivity contribution in [2.45, 2.75) is 51.2 Å². The maximum absolute atomic E-state index is 12.0. The molecule has 0 unspecified atom stereocenters. The van der Waals surface area contributed by atoms with Crippen molar-refractivity contribution in [3.63, 3.8) is 0 Å². The van der Waals surface area contributed by atoms with Crippen LogP contribution >= 0.6 is 15.9 Å². The van der Waals surface area contributed by atoms with Crippen LogP contribution in [-0.2, 0) is 11.2 Å². The van der Waals surface area contributed by atoms with Gasteiger partial charge in [-0.05, 0) is 61.2 Å². The van der Waals surface area contributed by atoms with E-state index in [-0.39, 0.29) is 6.09 Å². The quantitative estimate of drug-likeness (QED) is 0.868. The molecule has 2 rings (SSSR count). The summed E-state index contributed by atoms with van der Waals surface area (Å²) in [6, 6.07) is 1.91. The number of rotatable bonds is 2. The topological polar surface area (TPSA) is 62.7 Å². The highest BCUT2D eigenvalue weighted by Crippen LogP contribution is 2.29. The molecule has 0 atom stereocenters. The molecule has 1 aromatic rings. The van der Waals surface area contributed by atoms with Gasteiger partial charge in [0.2, 0.25) is 0 Å². The van der Waals surface area contributed by atoms with Crippen molar-refractivity contribution in [2.24, 2.45) is 0 Å². The Labute approximate surface area is 139 Å². The van der Waals surface area contributed by atoms with Crippen LogP contribution in [-0.4, -0.2) is 45.4 Å². The molecule has 0 bridgehead atoms. The number of nitrogens with zero attached hydrogens (tertiary/aromatic N) is 2. The van der Waals surface area contributed by atoms with Crippen molar-refractivity contribution in [1.29, 1.82) is 0 Å². The van der Waals surface area contributed by atoms with E-state index in [1.54, 1.807) is 17.3 Å². The van der Waals surface area contributed by atoms with Crippen LogP contribution in [0.15, 0.2) is 22.9 Å². The molecule has 0 aromatic carbocycles. The maximum atomic E-state index is 12.0. The third-order valence-corrected chi connectivity index (χ3v) is 4.44. The molecule has 1 aliphatic rings. The number of ether oxygens (including phenoxy) is 1. The monoisotopic (exact) mass is 370 g/mol. The Morgan fingerprint density at radius 1 is 1.45 bits per heavy atom. The van der Waals surface area contributed by atoms with Gasteiger partial charge in [-0.25, -0.2) is 4.79 Å². The molecule has 2 heterocycles. The van der Waals surface area contributed by atoms with E-state index < -0.39 is 11.2 Å². The molecule has 0 aliphatic carbocycles. The van der Waals surface area contributed by atoms with E-state index in [0.29, 0.717) is 32.4 Å². The third kappa shape index (κ3) is 4.68. The van der Waals surface area contributed by atoms with Gasteiger partial charge in [-0.15, -0.1) is 0 Å². The van der Waals surface area contributed by atoms with Gasteiger partial charge in [0.05, 0.1) is 5.60 Å². The van der Waals surface area contributed by atoms with Crippen molar-refractivity contribution in [1.82, 2.24) is 9.88 Å². The largest absolute Gasteiger partial charge is 0.444 e. The van der Waals surface area contributed by atoms with Crippen molar-refractivity contribution < 1.29 is 14.6 Å². The van der Waals surface area contributed by atoms with Crippen molar-refractivity contribution in [2.75, 3.05) is 13.1 Å². The molecule has 0 spiro atoms. The molecule has 1 fully saturated rings. The predicted octanol–water partition coefficient (Wildman–Crippen LogP) is 3.15. The van der Waals surface area contributed by atoms with Crippen molar-refractivity contribution in [3.8, 4) is 0 Å². The van der Waals surface area contributed by atoms with E-state index >= 15 is 0 Å². The molecule has 6 heteroatoms. The summed E-state index contributed by atoms with van der Waals surface area (Å²) in [7, 11) is 0. The summed E-state index contributed by atoms with van der Waals surface area (Å²) in [5.41, 5.74) is -0.252. The van der Waals surface area contributed by atoms with Crippen molar-refractivity contribution >= 4 is 22.0 Å². The number of hydrogen-bond donors (Lipinski definition) is 1. The summed E-state index contributed by atoms with van der Waals surface area (Å²) in [5.74, 6) is 0. The Morgan fingerprint density at radius 3 is 2.64 bits per heavy atom. The number of pyridine rings is 1. The average Bonchev–Trinajstić information content (AvgIpc) is 2.40. The molecule has 1 N–H and O–H groups in total. The molecule has 1 aromatic heterocycles. The first kappa shape index (κ1) is 17.2. The van der Waals surface area contributed by atoms with Crippen LogP contribution < -0.4 is 0 Å². The van der Waals surface area contributed by atoms with Gasteiger partial charge in [-0.2, -0.15) is 0 Å². The van der Waals surface area contributed by atoms with Crippen LogP contribution in [0.1, 0.15) is 39.2 Å². The van der Waals surface area contributed by atoms with Gasteiger partial charge in [0.25, 0.3) is 0 Å². The molecule has 1 saturated heterocycles. The number of likely N-dealkylation sites (tertiary alicyclic amines) is 1. The summed E-state index contributed by atoms with van der Waals surface area (Å²) in [6.45, 7) is 6.58. The Hall–Kier alpha value is -1.14. The maximum Gasteiger partial charge on any atom is 0.410 e. The lowest BCUT2D eigenvalue weighted by molar-refractivity contribution is -0.0316. The molecule has 1 aliphatic heterocycles. The fourth-order valence-corrected chi connectivity index (χ4v) is 2.90. The van der Waals surface area contributed by atoms with Gasteiger partial charge in [-0.3, -0.25) is 4.98 Å². The number of piperidine rings is 1.